The van der Waals surface area contributed by atoms with Gasteiger partial charge in [0.25, 0.3) is 0 Å². The van der Waals surface area contributed by atoms with E-state index in [2.05, 4.69) is 10.6 Å². The molecule has 0 aromatic rings. The minimum absolute atomic E-state index is 0.0130. The van der Waals surface area contributed by atoms with Crippen LogP contribution in [-0.4, -0.2) is 37.2 Å². The number of unbranched alkanes of at least 4 members (excludes halogenated alkanes) is 3. The molecule has 0 aliphatic rings. The molecule has 0 atom stereocenters. The van der Waals surface area contributed by atoms with Crippen LogP contribution in [0, 0.1) is 0 Å². The Balaban J connectivity index is 3.33. The summed E-state index contributed by atoms with van der Waals surface area (Å²) >= 11 is 0. The highest BCUT2D eigenvalue weighted by Gasteiger charge is 2.15. The van der Waals surface area contributed by atoms with Crippen LogP contribution in [0.4, 0.5) is 4.79 Å². The number of hydrogen-bond acceptors (Lipinski definition) is 4. The van der Waals surface area contributed by atoms with E-state index in [-0.39, 0.29) is 12.0 Å². The number of alkyl carbamates (subject to hydrolysis) is 1. The predicted molar refractivity (Wildman–Crippen MR) is 79.4 cm³/mol. The van der Waals surface area contributed by atoms with Crippen molar-refractivity contribution < 1.29 is 14.3 Å². The lowest BCUT2D eigenvalue weighted by Gasteiger charge is -2.19. The molecular weight excluding hydrogens is 258 g/mol. The summed E-state index contributed by atoms with van der Waals surface area (Å²) in [5.74, 6) is 0.0130. The Bertz CT molecular complexity index is 288. The molecule has 0 saturated carbocycles. The quantitative estimate of drug-likeness (QED) is 0.561. The van der Waals surface area contributed by atoms with E-state index >= 15 is 0 Å². The van der Waals surface area contributed by atoms with Gasteiger partial charge in [-0.25, -0.2) is 4.79 Å². The molecule has 4 N–H and O–H groups in total. The van der Waals surface area contributed by atoms with Crippen LogP contribution in [0.5, 0.6) is 0 Å². The molecule has 0 spiro atoms. The lowest BCUT2D eigenvalue weighted by molar-refractivity contribution is -0.120. The smallest absolute Gasteiger partial charge is 0.407 e. The molecule has 6 heteroatoms. The largest absolute Gasteiger partial charge is 0.444 e. The molecule has 0 aliphatic carbocycles. The van der Waals surface area contributed by atoms with E-state index in [4.69, 9.17) is 10.5 Å². The van der Waals surface area contributed by atoms with Crippen molar-refractivity contribution in [3.63, 3.8) is 0 Å². The molecule has 0 aromatic carbocycles. The topological polar surface area (TPSA) is 93.5 Å². The minimum Gasteiger partial charge on any atom is -0.444 e. The van der Waals surface area contributed by atoms with Gasteiger partial charge in [-0.15, -0.1) is 0 Å². The van der Waals surface area contributed by atoms with Crippen LogP contribution in [0.1, 0.15) is 52.9 Å². The standard InChI is InChI=1S/C14H29N3O3/c1-14(2,3)20-13(19)17-11-7-5-4-6-10-16-12(18)8-9-15/h4-11,15H2,1-3H3,(H,16,18)(H,17,19). The first-order valence-corrected chi connectivity index (χ1v) is 7.29. The average Bonchev–Trinajstić information content (AvgIpc) is 2.30. The third kappa shape index (κ3) is 13.1. The molecular formula is C14H29N3O3. The Morgan fingerprint density at radius 3 is 2.05 bits per heavy atom. The molecule has 6 nitrogen and oxygen atoms in total. The van der Waals surface area contributed by atoms with Gasteiger partial charge in [-0.3, -0.25) is 4.79 Å². The van der Waals surface area contributed by atoms with Gasteiger partial charge in [-0.1, -0.05) is 12.8 Å². The number of ether oxygens (including phenoxy) is 1. The predicted octanol–water partition coefficient (Wildman–Crippen LogP) is 1.54. The first-order chi connectivity index (χ1) is 9.35. The zero-order valence-corrected chi connectivity index (χ0v) is 13.0. The van der Waals surface area contributed by atoms with Crippen molar-refractivity contribution >= 4 is 12.0 Å². The van der Waals surface area contributed by atoms with E-state index in [0.29, 0.717) is 26.1 Å². The van der Waals surface area contributed by atoms with Gasteiger partial charge in [-0.05, 0) is 33.6 Å². The van der Waals surface area contributed by atoms with Crippen molar-refractivity contribution in [3.8, 4) is 0 Å². The fourth-order valence-corrected chi connectivity index (χ4v) is 1.56. The first kappa shape index (κ1) is 18.7. The molecule has 0 aromatic heterocycles. The highest BCUT2D eigenvalue weighted by molar-refractivity contribution is 5.75. The van der Waals surface area contributed by atoms with Crippen molar-refractivity contribution in [2.45, 2.75) is 58.5 Å². The fourth-order valence-electron chi connectivity index (χ4n) is 1.56. The van der Waals surface area contributed by atoms with E-state index in [1.807, 2.05) is 20.8 Å². The molecule has 20 heavy (non-hydrogen) atoms. The summed E-state index contributed by atoms with van der Waals surface area (Å²) in [4.78, 5) is 22.5. The lowest BCUT2D eigenvalue weighted by atomic mass is 10.2. The number of nitrogens with two attached hydrogens (primary N) is 1. The average molecular weight is 287 g/mol. The molecule has 2 amide bonds. The Labute approximate surface area is 121 Å². The van der Waals surface area contributed by atoms with Crippen molar-refractivity contribution in [1.29, 1.82) is 0 Å². The number of carbonyl (C=O) groups is 2. The number of rotatable bonds is 9. The summed E-state index contributed by atoms with van der Waals surface area (Å²) in [6, 6.07) is 0. The Kier molecular flexibility index (Phi) is 9.80. The van der Waals surface area contributed by atoms with Gasteiger partial charge in [0.2, 0.25) is 5.91 Å². The van der Waals surface area contributed by atoms with Crippen LogP contribution in [0.15, 0.2) is 0 Å². The number of hydrogen-bond donors (Lipinski definition) is 3. The summed E-state index contributed by atoms with van der Waals surface area (Å²) in [6.45, 7) is 7.22. The molecule has 0 aliphatic heterocycles. The summed E-state index contributed by atoms with van der Waals surface area (Å²) in [7, 11) is 0. The van der Waals surface area contributed by atoms with Gasteiger partial charge in [0.05, 0.1) is 0 Å². The van der Waals surface area contributed by atoms with Crippen LogP contribution in [0.2, 0.25) is 0 Å². The third-order valence-electron chi connectivity index (χ3n) is 2.47. The normalized spacial score (nSPS) is 11.0. The van der Waals surface area contributed by atoms with Gasteiger partial charge in [0.1, 0.15) is 5.60 Å². The van der Waals surface area contributed by atoms with Crippen LogP contribution < -0.4 is 16.4 Å². The second kappa shape index (κ2) is 10.5. The molecule has 0 fully saturated rings. The van der Waals surface area contributed by atoms with Crippen molar-refractivity contribution in [2.24, 2.45) is 5.73 Å². The molecule has 118 valence electrons. The van der Waals surface area contributed by atoms with Crippen LogP contribution in [0.3, 0.4) is 0 Å². The maximum atomic E-state index is 11.3. The minimum atomic E-state index is -0.453. The fraction of sp³-hybridized carbons (Fsp3) is 0.857. The Morgan fingerprint density at radius 2 is 1.55 bits per heavy atom. The molecule has 0 bridgehead atoms. The highest BCUT2D eigenvalue weighted by Crippen LogP contribution is 2.06. The summed E-state index contributed by atoms with van der Waals surface area (Å²) < 4.78 is 5.12. The van der Waals surface area contributed by atoms with Crippen molar-refractivity contribution in [2.75, 3.05) is 19.6 Å². The Hall–Kier alpha value is -1.30. The third-order valence-corrected chi connectivity index (χ3v) is 2.47. The number of carbonyl (C=O) groups excluding carboxylic acids is 2. The second-order valence-corrected chi connectivity index (χ2v) is 5.73. The maximum absolute atomic E-state index is 11.3. The monoisotopic (exact) mass is 287 g/mol. The highest BCUT2D eigenvalue weighted by atomic mass is 16.6. The summed E-state index contributed by atoms with van der Waals surface area (Å²) in [5, 5.41) is 5.53. The van der Waals surface area contributed by atoms with Crippen molar-refractivity contribution in [1.82, 2.24) is 10.6 Å². The van der Waals surface area contributed by atoms with E-state index in [9.17, 15) is 9.59 Å². The SMILES string of the molecule is CC(C)(C)OC(=O)NCCCCCCNC(=O)CCN. The number of nitrogens with one attached hydrogen (secondary N) is 2. The van der Waals surface area contributed by atoms with Gasteiger partial charge in [0, 0.05) is 26.1 Å². The van der Waals surface area contributed by atoms with E-state index in [0.717, 1.165) is 25.7 Å². The van der Waals surface area contributed by atoms with Gasteiger partial charge < -0.3 is 21.1 Å². The molecule has 0 rings (SSSR count). The van der Waals surface area contributed by atoms with Crippen LogP contribution in [-0.2, 0) is 9.53 Å². The molecule has 0 unspecified atom stereocenters. The van der Waals surface area contributed by atoms with E-state index < -0.39 is 5.60 Å². The summed E-state index contributed by atoms with van der Waals surface area (Å²) in [5.41, 5.74) is 4.82. The van der Waals surface area contributed by atoms with Crippen molar-refractivity contribution in [3.05, 3.63) is 0 Å². The van der Waals surface area contributed by atoms with Gasteiger partial charge in [-0.2, -0.15) is 0 Å². The lowest BCUT2D eigenvalue weighted by Crippen LogP contribution is -2.33. The van der Waals surface area contributed by atoms with Crippen LogP contribution >= 0.6 is 0 Å². The van der Waals surface area contributed by atoms with Gasteiger partial charge in [0.15, 0.2) is 0 Å². The molecule has 0 saturated heterocycles. The van der Waals surface area contributed by atoms with Gasteiger partial charge >= 0.3 is 6.09 Å². The molecule has 0 radical (unpaired) electrons. The van der Waals surface area contributed by atoms with E-state index in [1.54, 1.807) is 0 Å². The zero-order valence-electron chi connectivity index (χ0n) is 13.0. The summed E-state index contributed by atoms with van der Waals surface area (Å²) in [6.07, 6.45) is 3.92. The number of amides is 2. The maximum Gasteiger partial charge on any atom is 0.407 e. The zero-order chi connectivity index (χ0) is 15.4. The Morgan fingerprint density at radius 1 is 1.00 bits per heavy atom. The molecule has 0 heterocycles. The van der Waals surface area contributed by atoms with E-state index in [1.165, 1.54) is 0 Å². The van der Waals surface area contributed by atoms with Crippen LogP contribution in [0.25, 0.3) is 0 Å². The second-order valence-electron chi connectivity index (χ2n) is 5.73. The first-order valence-electron chi connectivity index (χ1n) is 7.29.